The summed E-state index contributed by atoms with van der Waals surface area (Å²) >= 11 is 2.11. The summed E-state index contributed by atoms with van der Waals surface area (Å²) in [4.78, 5) is 2.64. The van der Waals surface area contributed by atoms with E-state index < -0.39 is 0 Å². The Balaban J connectivity index is 1.96. The highest BCUT2D eigenvalue weighted by molar-refractivity contribution is 8.00. The van der Waals surface area contributed by atoms with Crippen molar-refractivity contribution < 1.29 is 0 Å². The molecule has 0 aliphatic carbocycles. The van der Waals surface area contributed by atoms with E-state index in [9.17, 15) is 0 Å². The standard InChI is InChI=1S/C18H30N2S/c1-5-19-17(16-9-7-6-8-15(16)2)10-11-20-12-13-21-18(3,4)14-20/h6-9,17,19H,5,10-14H2,1-4H3. The average molecular weight is 307 g/mol. The van der Waals surface area contributed by atoms with Crippen LogP contribution in [0.15, 0.2) is 24.3 Å². The fourth-order valence-electron chi connectivity index (χ4n) is 3.21. The fourth-order valence-corrected chi connectivity index (χ4v) is 4.38. The SMILES string of the molecule is CCNC(CCN1CCSC(C)(C)C1)c1ccccc1C. The molecule has 1 unspecified atom stereocenters. The molecule has 1 aliphatic rings. The van der Waals surface area contributed by atoms with Gasteiger partial charge in [0.2, 0.25) is 0 Å². The quantitative estimate of drug-likeness (QED) is 0.859. The molecule has 3 heteroatoms. The number of hydrogen-bond acceptors (Lipinski definition) is 3. The summed E-state index contributed by atoms with van der Waals surface area (Å²) in [6.07, 6.45) is 1.19. The Kier molecular flexibility index (Phi) is 6.15. The zero-order valence-electron chi connectivity index (χ0n) is 14.0. The van der Waals surface area contributed by atoms with E-state index in [4.69, 9.17) is 0 Å². The van der Waals surface area contributed by atoms with Crippen molar-refractivity contribution >= 4 is 11.8 Å². The average Bonchev–Trinajstić information content (AvgIpc) is 2.43. The maximum Gasteiger partial charge on any atom is 0.0334 e. The minimum atomic E-state index is 0.411. The van der Waals surface area contributed by atoms with E-state index in [0.717, 1.165) is 6.54 Å². The second-order valence-corrected chi connectivity index (χ2v) is 8.44. The molecule has 0 saturated carbocycles. The third-order valence-corrected chi connectivity index (χ3v) is 5.55. The highest BCUT2D eigenvalue weighted by atomic mass is 32.2. The maximum atomic E-state index is 3.67. The number of aryl methyl sites for hydroxylation is 1. The van der Waals surface area contributed by atoms with Crippen LogP contribution in [0.2, 0.25) is 0 Å². The number of rotatable bonds is 6. The Hall–Kier alpha value is -0.510. The minimum absolute atomic E-state index is 0.411. The van der Waals surface area contributed by atoms with Crippen molar-refractivity contribution in [2.45, 2.75) is 44.9 Å². The summed E-state index contributed by atoms with van der Waals surface area (Å²) in [7, 11) is 0. The van der Waals surface area contributed by atoms with Gasteiger partial charge in [0.05, 0.1) is 0 Å². The van der Waals surface area contributed by atoms with Crippen molar-refractivity contribution in [3.8, 4) is 0 Å². The summed E-state index contributed by atoms with van der Waals surface area (Å²) in [6.45, 7) is 13.8. The van der Waals surface area contributed by atoms with Gasteiger partial charge in [0.25, 0.3) is 0 Å². The highest BCUT2D eigenvalue weighted by Crippen LogP contribution is 2.30. The molecule has 0 radical (unpaired) electrons. The number of hydrogen-bond donors (Lipinski definition) is 1. The van der Waals surface area contributed by atoms with Crippen LogP contribution in [0.25, 0.3) is 0 Å². The minimum Gasteiger partial charge on any atom is -0.310 e. The first-order chi connectivity index (χ1) is 10.0. The van der Waals surface area contributed by atoms with Crippen LogP contribution < -0.4 is 5.32 Å². The molecule has 0 amide bonds. The van der Waals surface area contributed by atoms with E-state index in [1.54, 1.807) is 0 Å². The van der Waals surface area contributed by atoms with Crippen LogP contribution in [0.4, 0.5) is 0 Å². The van der Waals surface area contributed by atoms with Crippen molar-refractivity contribution in [3.63, 3.8) is 0 Å². The molecule has 0 aromatic heterocycles. The fraction of sp³-hybridized carbons (Fsp3) is 0.667. The van der Waals surface area contributed by atoms with Gasteiger partial charge < -0.3 is 10.2 Å². The molecule has 1 aromatic rings. The summed E-state index contributed by atoms with van der Waals surface area (Å²) in [5.41, 5.74) is 2.86. The first kappa shape index (κ1) is 16.9. The van der Waals surface area contributed by atoms with E-state index in [1.165, 1.54) is 42.9 Å². The largest absolute Gasteiger partial charge is 0.310 e. The van der Waals surface area contributed by atoms with Crippen molar-refractivity contribution in [1.82, 2.24) is 10.2 Å². The number of benzene rings is 1. The zero-order chi connectivity index (χ0) is 15.3. The van der Waals surface area contributed by atoms with Gasteiger partial charge in [0.1, 0.15) is 0 Å². The lowest BCUT2D eigenvalue weighted by Crippen LogP contribution is -2.44. The van der Waals surface area contributed by atoms with Crippen molar-refractivity contribution in [2.24, 2.45) is 0 Å². The van der Waals surface area contributed by atoms with Crippen LogP contribution in [0.5, 0.6) is 0 Å². The van der Waals surface area contributed by atoms with Crippen LogP contribution in [-0.2, 0) is 0 Å². The van der Waals surface area contributed by atoms with Gasteiger partial charge in [0, 0.05) is 36.2 Å². The van der Waals surface area contributed by atoms with E-state index in [-0.39, 0.29) is 0 Å². The van der Waals surface area contributed by atoms with Crippen molar-refractivity contribution in [1.29, 1.82) is 0 Å². The molecule has 1 aliphatic heterocycles. The van der Waals surface area contributed by atoms with E-state index in [0.29, 0.717) is 10.8 Å². The summed E-state index contributed by atoms with van der Waals surface area (Å²) in [5.74, 6) is 1.27. The lowest BCUT2D eigenvalue weighted by atomic mass is 9.98. The second kappa shape index (κ2) is 7.66. The molecule has 1 fully saturated rings. The molecule has 1 aromatic carbocycles. The molecule has 21 heavy (non-hydrogen) atoms. The Labute approximate surface area is 134 Å². The van der Waals surface area contributed by atoms with Gasteiger partial charge in [-0.15, -0.1) is 0 Å². The highest BCUT2D eigenvalue weighted by Gasteiger charge is 2.27. The third-order valence-electron chi connectivity index (χ3n) is 4.25. The Bertz CT molecular complexity index is 445. The van der Waals surface area contributed by atoms with Crippen LogP contribution in [-0.4, -0.2) is 41.6 Å². The molecule has 1 N–H and O–H groups in total. The number of thioether (sulfide) groups is 1. The van der Waals surface area contributed by atoms with E-state index in [2.05, 4.69) is 73.9 Å². The van der Waals surface area contributed by atoms with Crippen LogP contribution in [0, 0.1) is 6.92 Å². The van der Waals surface area contributed by atoms with Crippen LogP contribution >= 0.6 is 11.8 Å². The third kappa shape index (κ3) is 5.01. The van der Waals surface area contributed by atoms with Gasteiger partial charge in [-0.3, -0.25) is 0 Å². The molecule has 1 atom stereocenters. The van der Waals surface area contributed by atoms with Crippen LogP contribution in [0.3, 0.4) is 0 Å². The van der Waals surface area contributed by atoms with Gasteiger partial charge in [-0.25, -0.2) is 0 Å². The van der Waals surface area contributed by atoms with Crippen LogP contribution in [0.1, 0.15) is 44.4 Å². The zero-order valence-corrected chi connectivity index (χ0v) is 14.8. The molecular formula is C18H30N2S. The predicted octanol–water partition coefficient (Wildman–Crippen LogP) is 3.86. The lowest BCUT2D eigenvalue weighted by Gasteiger charge is -2.38. The molecule has 118 valence electrons. The molecule has 0 spiro atoms. The van der Waals surface area contributed by atoms with Gasteiger partial charge >= 0.3 is 0 Å². The van der Waals surface area contributed by atoms with Crippen molar-refractivity contribution in [2.75, 3.05) is 31.9 Å². The topological polar surface area (TPSA) is 15.3 Å². The summed E-state index contributed by atoms with van der Waals surface area (Å²) in [6, 6.07) is 9.27. The summed E-state index contributed by atoms with van der Waals surface area (Å²) in [5, 5.41) is 3.67. The molecule has 0 bridgehead atoms. The maximum absolute atomic E-state index is 3.67. The van der Waals surface area contributed by atoms with Gasteiger partial charge in [0.15, 0.2) is 0 Å². The number of nitrogens with zero attached hydrogens (tertiary/aromatic N) is 1. The first-order valence-electron chi connectivity index (χ1n) is 8.17. The Morgan fingerprint density at radius 2 is 2.10 bits per heavy atom. The van der Waals surface area contributed by atoms with E-state index in [1.807, 2.05) is 0 Å². The van der Waals surface area contributed by atoms with Gasteiger partial charge in [-0.05, 0) is 44.9 Å². The molecule has 1 heterocycles. The predicted molar refractivity (Wildman–Crippen MR) is 95.2 cm³/mol. The lowest BCUT2D eigenvalue weighted by molar-refractivity contribution is 0.245. The Morgan fingerprint density at radius 1 is 1.33 bits per heavy atom. The van der Waals surface area contributed by atoms with Gasteiger partial charge in [-0.2, -0.15) is 11.8 Å². The molecule has 2 rings (SSSR count). The molecule has 2 nitrogen and oxygen atoms in total. The smallest absolute Gasteiger partial charge is 0.0334 e. The van der Waals surface area contributed by atoms with Crippen molar-refractivity contribution in [3.05, 3.63) is 35.4 Å². The monoisotopic (exact) mass is 306 g/mol. The Morgan fingerprint density at radius 3 is 2.76 bits per heavy atom. The summed E-state index contributed by atoms with van der Waals surface area (Å²) < 4.78 is 0.411. The number of nitrogens with one attached hydrogen (secondary N) is 1. The van der Waals surface area contributed by atoms with Gasteiger partial charge in [-0.1, -0.05) is 31.2 Å². The molecular weight excluding hydrogens is 276 g/mol. The second-order valence-electron chi connectivity index (χ2n) is 6.64. The first-order valence-corrected chi connectivity index (χ1v) is 9.15. The molecule has 1 saturated heterocycles. The normalized spacial score (nSPS) is 20.4. The van der Waals surface area contributed by atoms with E-state index >= 15 is 0 Å².